The molecule has 0 N–H and O–H groups in total. The van der Waals surface area contributed by atoms with Gasteiger partial charge in [0.1, 0.15) is 6.54 Å². The third-order valence-corrected chi connectivity index (χ3v) is 6.67. The Kier molecular flexibility index (Phi) is 5.08. The third-order valence-electron chi connectivity index (χ3n) is 5.76. The Morgan fingerprint density at radius 1 is 0.935 bits per heavy atom. The molecule has 0 aromatic heterocycles. The quantitative estimate of drug-likeness (QED) is 0.578. The fourth-order valence-corrected chi connectivity index (χ4v) is 4.93. The van der Waals surface area contributed by atoms with Crippen LogP contribution in [-0.2, 0) is 22.6 Å². The first-order valence-electron chi connectivity index (χ1n) is 10.2. The minimum atomic E-state index is -0.409. The number of carbonyl (C=O) groups is 3. The molecule has 5 nitrogen and oxygen atoms in total. The number of hydrogen-bond acceptors (Lipinski definition) is 4. The normalized spacial score (nSPS) is 17.5. The van der Waals surface area contributed by atoms with Crippen molar-refractivity contribution >= 4 is 45.7 Å². The number of nitrogens with zero attached hydrogens (tertiary/aromatic N) is 2. The first-order valence-corrected chi connectivity index (χ1v) is 11.0. The Balaban J connectivity index is 1.34. The number of thioether (sulfide) groups is 1. The van der Waals surface area contributed by atoms with Crippen molar-refractivity contribution in [1.82, 2.24) is 9.80 Å². The predicted octanol–water partition coefficient (Wildman–Crippen LogP) is 4.46. The Morgan fingerprint density at radius 2 is 1.68 bits per heavy atom. The summed E-state index contributed by atoms with van der Waals surface area (Å²) < 4.78 is 0. The minimum absolute atomic E-state index is 0.205. The van der Waals surface area contributed by atoms with Gasteiger partial charge in [-0.25, -0.2) is 0 Å². The highest BCUT2D eigenvalue weighted by Crippen LogP contribution is 2.33. The molecule has 0 atom stereocenters. The molecule has 2 aliphatic rings. The molecule has 2 aliphatic heterocycles. The molecular weight excluding hydrogens is 408 g/mol. The summed E-state index contributed by atoms with van der Waals surface area (Å²) in [6.07, 6.45) is 2.53. The van der Waals surface area contributed by atoms with Crippen molar-refractivity contribution in [3.05, 3.63) is 88.3 Å². The van der Waals surface area contributed by atoms with Gasteiger partial charge in [0.25, 0.3) is 11.1 Å². The summed E-state index contributed by atoms with van der Waals surface area (Å²) in [4.78, 5) is 41.4. The Labute approximate surface area is 184 Å². The molecule has 3 aromatic rings. The van der Waals surface area contributed by atoms with Crippen LogP contribution < -0.4 is 0 Å². The van der Waals surface area contributed by atoms with E-state index in [0.29, 0.717) is 18.0 Å². The van der Waals surface area contributed by atoms with Crippen LogP contribution in [0.5, 0.6) is 0 Å². The number of imide groups is 1. The molecule has 0 bridgehead atoms. The van der Waals surface area contributed by atoms with Crippen LogP contribution in [-0.4, -0.2) is 39.9 Å². The number of hydrogen-bond donors (Lipinski definition) is 0. The van der Waals surface area contributed by atoms with E-state index < -0.39 is 11.1 Å². The van der Waals surface area contributed by atoms with Crippen molar-refractivity contribution in [2.75, 3.05) is 13.1 Å². The van der Waals surface area contributed by atoms with Crippen molar-refractivity contribution in [3.63, 3.8) is 0 Å². The summed E-state index contributed by atoms with van der Waals surface area (Å²) in [7, 11) is 0. The molecule has 3 amide bonds. The number of fused-ring (bicyclic) bond motifs is 2. The van der Waals surface area contributed by atoms with Crippen LogP contribution in [0, 0.1) is 0 Å². The standard InChI is InChI=1S/C25H20N2O3S/c28-23(26-13-12-17-6-1-2-8-20(17)15-26)16-27-24(29)22(31-25(27)30)14-19-10-5-9-18-7-3-4-11-21(18)19/h1-11,14H,12-13,15-16H2/b22-14+. The van der Waals surface area contributed by atoms with Gasteiger partial charge in [-0.15, -0.1) is 0 Å². The summed E-state index contributed by atoms with van der Waals surface area (Å²) >= 11 is 0.890. The average Bonchev–Trinajstić information content (AvgIpc) is 3.06. The highest BCUT2D eigenvalue weighted by molar-refractivity contribution is 8.18. The molecule has 0 radical (unpaired) electrons. The van der Waals surface area contributed by atoms with E-state index in [1.807, 2.05) is 60.7 Å². The minimum Gasteiger partial charge on any atom is -0.336 e. The maximum absolute atomic E-state index is 12.9. The topological polar surface area (TPSA) is 57.7 Å². The van der Waals surface area contributed by atoms with Gasteiger partial charge in [-0.3, -0.25) is 19.3 Å². The summed E-state index contributed by atoms with van der Waals surface area (Å²) in [5.74, 6) is -0.614. The van der Waals surface area contributed by atoms with E-state index >= 15 is 0 Å². The van der Waals surface area contributed by atoms with Crippen molar-refractivity contribution < 1.29 is 14.4 Å². The van der Waals surface area contributed by atoms with Gasteiger partial charge < -0.3 is 4.90 Å². The molecule has 154 valence electrons. The van der Waals surface area contributed by atoms with Gasteiger partial charge in [0.05, 0.1) is 4.91 Å². The van der Waals surface area contributed by atoms with E-state index in [-0.39, 0.29) is 12.5 Å². The van der Waals surface area contributed by atoms with Crippen LogP contribution in [0.2, 0.25) is 0 Å². The maximum Gasteiger partial charge on any atom is 0.294 e. The molecule has 0 unspecified atom stereocenters. The van der Waals surface area contributed by atoms with Gasteiger partial charge in [-0.1, -0.05) is 66.7 Å². The molecule has 1 saturated heterocycles. The molecule has 31 heavy (non-hydrogen) atoms. The lowest BCUT2D eigenvalue weighted by molar-refractivity contribution is -0.136. The zero-order valence-electron chi connectivity index (χ0n) is 16.8. The molecule has 0 spiro atoms. The molecule has 2 heterocycles. The average molecular weight is 429 g/mol. The summed E-state index contributed by atoms with van der Waals surface area (Å²) in [6, 6.07) is 21.8. The molecule has 5 rings (SSSR count). The lowest BCUT2D eigenvalue weighted by Crippen LogP contribution is -2.44. The summed E-state index contributed by atoms with van der Waals surface area (Å²) in [6.45, 7) is 0.884. The Bertz CT molecular complexity index is 1250. The van der Waals surface area contributed by atoms with Gasteiger partial charge in [0.15, 0.2) is 0 Å². The molecule has 3 aromatic carbocycles. The van der Waals surface area contributed by atoms with E-state index in [4.69, 9.17) is 0 Å². The Morgan fingerprint density at radius 3 is 2.55 bits per heavy atom. The molecule has 0 saturated carbocycles. The van der Waals surface area contributed by atoms with E-state index in [9.17, 15) is 14.4 Å². The fourth-order valence-electron chi connectivity index (χ4n) is 4.10. The number of carbonyl (C=O) groups excluding carboxylic acids is 3. The number of amides is 3. The third kappa shape index (κ3) is 3.75. The van der Waals surface area contributed by atoms with Crippen LogP contribution in [0.25, 0.3) is 16.8 Å². The maximum atomic E-state index is 12.9. The molecule has 6 heteroatoms. The van der Waals surface area contributed by atoms with Crippen LogP contribution in [0.15, 0.2) is 71.6 Å². The van der Waals surface area contributed by atoms with E-state index in [2.05, 4.69) is 6.07 Å². The molecule has 0 aliphatic carbocycles. The highest BCUT2D eigenvalue weighted by Gasteiger charge is 2.37. The second-order valence-electron chi connectivity index (χ2n) is 7.67. The largest absolute Gasteiger partial charge is 0.336 e. The van der Waals surface area contributed by atoms with Crippen LogP contribution in [0.1, 0.15) is 16.7 Å². The van der Waals surface area contributed by atoms with Crippen LogP contribution in [0.3, 0.4) is 0 Å². The van der Waals surface area contributed by atoms with Crippen molar-refractivity contribution in [1.29, 1.82) is 0 Å². The van der Waals surface area contributed by atoms with Crippen molar-refractivity contribution in [2.24, 2.45) is 0 Å². The lowest BCUT2D eigenvalue weighted by atomic mass is 10.00. The lowest BCUT2D eigenvalue weighted by Gasteiger charge is -2.29. The van der Waals surface area contributed by atoms with Crippen molar-refractivity contribution in [3.8, 4) is 0 Å². The SMILES string of the molecule is O=C(CN1C(=O)S/C(=C/c2cccc3ccccc23)C1=O)N1CCc2ccccc2C1. The van der Waals surface area contributed by atoms with E-state index in [1.54, 1.807) is 11.0 Å². The summed E-state index contributed by atoms with van der Waals surface area (Å²) in [5, 5.41) is 1.68. The van der Waals surface area contributed by atoms with Crippen molar-refractivity contribution in [2.45, 2.75) is 13.0 Å². The first kappa shape index (κ1) is 19.6. The predicted molar refractivity (Wildman–Crippen MR) is 122 cm³/mol. The highest BCUT2D eigenvalue weighted by atomic mass is 32.2. The number of rotatable bonds is 3. The van der Waals surface area contributed by atoms with Gasteiger partial charge in [-0.2, -0.15) is 0 Å². The van der Waals surface area contributed by atoms with Gasteiger partial charge in [-0.05, 0) is 51.7 Å². The van der Waals surface area contributed by atoms with Crippen LogP contribution >= 0.6 is 11.8 Å². The Hall–Kier alpha value is -3.38. The van der Waals surface area contributed by atoms with Gasteiger partial charge in [0.2, 0.25) is 5.91 Å². The second-order valence-corrected chi connectivity index (χ2v) is 8.66. The summed E-state index contributed by atoms with van der Waals surface area (Å²) in [5.41, 5.74) is 3.24. The molecular formula is C25H20N2O3S. The zero-order valence-corrected chi connectivity index (χ0v) is 17.6. The van der Waals surface area contributed by atoms with Crippen LogP contribution in [0.4, 0.5) is 4.79 Å². The number of benzene rings is 3. The second kappa shape index (κ2) is 8.04. The van der Waals surface area contributed by atoms with Gasteiger partial charge in [0, 0.05) is 13.1 Å². The van der Waals surface area contributed by atoms with Gasteiger partial charge >= 0.3 is 0 Å². The monoisotopic (exact) mass is 428 g/mol. The van der Waals surface area contributed by atoms with E-state index in [0.717, 1.165) is 45.0 Å². The van der Waals surface area contributed by atoms with E-state index in [1.165, 1.54) is 5.56 Å². The molecule has 1 fully saturated rings. The smallest absolute Gasteiger partial charge is 0.294 e. The first-order chi connectivity index (χ1) is 15.1. The fraction of sp³-hybridized carbons (Fsp3) is 0.160. The zero-order chi connectivity index (χ0) is 21.4.